The van der Waals surface area contributed by atoms with Gasteiger partial charge in [0.15, 0.2) is 0 Å². The smallest absolute Gasteiger partial charge is 0.319 e. The van der Waals surface area contributed by atoms with Crippen molar-refractivity contribution in [3.05, 3.63) is 0 Å². The summed E-state index contributed by atoms with van der Waals surface area (Å²) in [5.41, 5.74) is -0.0833. The standard InChI is InChI=1S/C17H34N4O/c1-11-13(3)20(9-16(5,6)18-11)15(22)21-10-17(7,8)19-12(2)14(21)4/h11-14,18-19H,9-10H2,1-8H3. The molecule has 2 rings (SSSR count). The van der Waals surface area contributed by atoms with Gasteiger partial charge >= 0.3 is 6.03 Å². The molecule has 22 heavy (non-hydrogen) atoms. The van der Waals surface area contributed by atoms with Crippen molar-refractivity contribution in [1.82, 2.24) is 20.4 Å². The summed E-state index contributed by atoms with van der Waals surface area (Å²) in [4.78, 5) is 17.4. The maximum absolute atomic E-state index is 13.2. The first-order valence-electron chi connectivity index (χ1n) is 8.56. The molecule has 2 fully saturated rings. The summed E-state index contributed by atoms with van der Waals surface area (Å²) in [5, 5.41) is 7.21. The van der Waals surface area contributed by atoms with Gasteiger partial charge in [-0.3, -0.25) is 0 Å². The van der Waals surface area contributed by atoms with E-state index < -0.39 is 0 Å². The number of rotatable bonds is 0. The minimum absolute atomic E-state index is 0.0417. The van der Waals surface area contributed by atoms with Gasteiger partial charge in [-0.25, -0.2) is 4.79 Å². The Morgan fingerprint density at radius 1 is 0.818 bits per heavy atom. The van der Waals surface area contributed by atoms with Gasteiger partial charge in [0.1, 0.15) is 0 Å². The summed E-state index contributed by atoms with van der Waals surface area (Å²) >= 11 is 0. The first-order chi connectivity index (χ1) is 9.93. The number of carbonyl (C=O) groups excluding carboxylic acids is 1. The zero-order chi connectivity index (χ0) is 16.9. The Bertz CT molecular complexity index is 396. The lowest BCUT2D eigenvalue weighted by molar-refractivity contribution is 0.0369. The van der Waals surface area contributed by atoms with Crippen LogP contribution in [0.1, 0.15) is 55.4 Å². The maximum atomic E-state index is 13.2. The van der Waals surface area contributed by atoms with Gasteiger partial charge in [-0.2, -0.15) is 0 Å². The Morgan fingerprint density at radius 2 is 1.14 bits per heavy atom. The lowest BCUT2D eigenvalue weighted by Crippen LogP contribution is -2.72. The average Bonchev–Trinajstić information content (AvgIpc) is 2.36. The monoisotopic (exact) mass is 310 g/mol. The van der Waals surface area contributed by atoms with Crippen molar-refractivity contribution < 1.29 is 4.79 Å². The topological polar surface area (TPSA) is 47.6 Å². The predicted octanol–water partition coefficient (Wildman–Crippen LogP) is 2.03. The van der Waals surface area contributed by atoms with Crippen LogP contribution < -0.4 is 10.6 Å². The van der Waals surface area contributed by atoms with E-state index in [0.717, 1.165) is 13.1 Å². The third-order valence-corrected chi connectivity index (χ3v) is 5.29. The number of nitrogens with one attached hydrogen (secondary N) is 2. The van der Waals surface area contributed by atoms with Gasteiger partial charge in [0.25, 0.3) is 0 Å². The number of hydrogen-bond acceptors (Lipinski definition) is 3. The molecule has 0 aromatic rings. The van der Waals surface area contributed by atoms with Crippen LogP contribution in [0.4, 0.5) is 4.79 Å². The highest BCUT2D eigenvalue weighted by Gasteiger charge is 2.43. The van der Waals surface area contributed by atoms with Crippen LogP contribution in [0.3, 0.4) is 0 Å². The summed E-state index contributed by atoms with van der Waals surface area (Å²) in [6, 6.07) is 1.21. The number of piperazine rings is 2. The molecule has 5 heteroatoms. The highest BCUT2D eigenvalue weighted by Crippen LogP contribution is 2.25. The summed E-state index contributed by atoms with van der Waals surface area (Å²) in [7, 11) is 0. The Labute approximate surface area is 135 Å². The van der Waals surface area contributed by atoms with E-state index in [1.165, 1.54) is 0 Å². The lowest BCUT2D eigenvalue weighted by Gasteiger charge is -2.52. The van der Waals surface area contributed by atoms with Crippen molar-refractivity contribution in [2.45, 2.75) is 90.6 Å². The molecule has 2 aliphatic heterocycles. The highest BCUT2D eigenvalue weighted by atomic mass is 16.2. The zero-order valence-corrected chi connectivity index (χ0v) is 15.5. The molecule has 4 unspecified atom stereocenters. The van der Waals surface area contributed by atoms with Gasteiger partial charge in [-0.05, 0) is 55.4 Å². The molecule has 2 N–H and O–H groups in total. The molecule has 5 nitrogen and oxygen atoms in total. The van der Waals surface area contributed by atoms with E-state index in [4.69, 9.17) is 0 Å². The van der Waals surface area contributed by atoms with Crippen LogP contribution in [-0.4, -0.2) is 64.2 Å². The zero-order valence-electron chi connectivity index (χ0n) is 15.5. The van der Waals surface area contributed by atoms with E-state index in [1.54, 1.807) is 0 Å². The fraction of sp³-hybridized carbons (Fsp3) is 0.941. The molecule has 2 saturated heterocycles. The van der Waals surface area contributed by atoms with E-state index in [1.807, 2.05) is 0 Å². The van der Waals surface area contributed by atoms with Crippen LogP contribution in [0.5, 0.6) is 0 Å². The average molecular weight is 310 g/mol. The molecular formula is C17H34N4O. The second-order valence-corrected chi connectivity index (χ2v) is 8.65. The summed E-state index contributed by atoms with van der Waals surface area (Å²) in [6.45, 7) is 18.8. The van der Waals surface area contributed by atoms with Crippen molar-refractivity contribution in [3.8, 4) is 0 Å². The molecule has 0 aliphatic carbocycles. The van der Waals surface area contributed by atoms with E-state index >= 15 is 0 Å². The maximum Gasteiger partial charge on any atom is 0.320 e. The van der Waals surface area contributed by atoms with Crippen LogP contribution in [0.15, 0.2) is 0 Å². The Balaban J connectivity index is 2.21. The molecular weight excluding hydrogens is 276 g/mol. The Hall–Kier alpha value is -0.810. The molecule has 0 saturated carbocycles. The van der Waals surface area contributed by atoms with E-state index in [-0.39, 0.29) is 29.2 Å². The lowest BCUT2D eigenvalue weighted by atomic mass is 9.93. The van der Waals surface area contributed by atoms with Crippen LogP contribution in [0, 0.1) is 0 Å². The second-order valence-electron chi connectivity index (χ2n) is 8.65. The predicted molar refractivity (Wildman–Crippen MR) is 91.1 cm³/mol. The third-order valence-electron chi connectivity index (χ3n) is 5.29. The SMILES string of the molecule is CC1NC(C)(C)CN(C(=O)N2CC(C)(C)NC(C)C2C)C1C. The molecule has 0 spiro atoms. The minimum atomic E-state index is -0.0417. The molecule has 0 radical (unpaired) electrons. The largest absolute Gasteiger partial charge is 0.320 e. The highest BCUT2D eigenvalue weighted by molar-refractivity contribution is 5.76. The van der Waals surface area contributed by atoms with Crippen molar-refractivity contribution in [2.24, 2.45) is 0 Å². The van der Waals surface area contributed by atoms with Gasteiger partial charge in [-0.1, -0.05) is 0 Å². The Morgan fingerprint density at radius 3 is 1.45 bits per heavy atom. The number of urea groups is 1. The van der Waals surface area contributed by atoms with Crippen molar-refractivity contribution in [3.63, 3.8) is 0 Å². The van der Waals surface area contributed by atoms with Gasteiger partial charge in [0.05, 0.1) is 0 Å². The van der Waals surface area contributed by atoms with Crippen molar-refractivity contribution in [2.75, 3.05) is 13.1 Å². The quantitative estimate of drug-likeness (QED) is 0.720. The van der Waals surface area contributed by atoms with Gasteiger partial charge < -0.3 is 20.4 Å². The number of carbonyl (C=O) groups is 1. The molecule has 2 heterocycles. The Kier molecular flexibility index (Phi) is 4.53. The van der Waals surface area contributed by atoms with Gasteiger partial charge in [0.2, 0.25) is 0 Å². The molecule has 0 aromatic heterocycles. The first-order valence-corrected chi connectivity index (χ1v) is 8.56. The van der Waals surface area contributed by atoms with E-state index in [2.05, 4.69) is 75.8 Å². The molecule has 0 aromatic carbocycles. The van der Waals surface area contributed by atoms with Crippen molar-refractivity contribution in [1.29, 1.82) is 0 Å². The molecule has 2 aliphatic rings. The van der Waals surface area contributed by atoms with Crippen LogP contribution in [0.25, 0.3) is 0 Å². The van der Waals surface area contributed by atoms with Gasteiger partial charge in [-0.15, -0.1) is 0 Å². The van der Waals surface area contributed by atoms with E-state index in [0.29, 0.717) is 12.1 Å². The normalized spacial score (nSPS) is 38.0. The minimum Gasteiger partial charge on any atom is -0.319 e. The first kappa shape index (κ1) is 17.5. The summed E-state index contributed by atoms with van der Waals surface area (Å²) in [5.74, 6) is 0. The van der Waals surface area contributed by atoms with Crippen molar-refractivity contribution >= 4 is 6.03 Å². The molecule has 2 amide bonds. The fourth-order valence-electron chi connectivity index (χ4n) is 3.89. The summed E-state index contributed by atoms with van der Waals surface area (Å²) < 4.78 is 0. The van der Waals surface area contributed by atoms with Crippen LogP contribution in [-0.2, 0) is 0 Å². The number of amides is 2. The third kappa shape index (κ3) is 3.40. The van der Waals surface area contributed by atoms with Crippen LogP contribution >= 0.6 is 0 Å². The molecule has 4 atom stereocenters. The van der Waals surface area contributed by atoms with Crippen LogP contribution in [0.2, 0.25) is 0 Å². The van der Waals surface area contributed by atoms with Gasteiger partial charge in [0, 0.05) is 48.3 Å². The van der Waals surface area contributed by atoms with E-state index in [9.17, 15) is 4.79 Å². The number of hydrogen-bond donors (Lipinski definition) is 2. The summed E-state index contributed by atoms with van der Waals surface area (Å²) in [6.07, 6.45) is 0. The number of nitrogens with zero attached hydrogens (tertiary/aromatic N) is 2. The second kappa shape index (κ2) is 5.68. The molecule has 128 valence electrons. The fourth-order valence-corrected chi connectivity index (χ4v) is 3.89. The molecule has 0 bridgehead atoms.